The minimum Gasteiger partial charge on any atom is -0.354 e. The van der Waals surface area contributed by atoms with Crippen molar-refractivity contribution in [1.29, 1.82) is 0 Å². The third-order valence-electron chi connectivity index (χ3n) is 6.52. The number of nitrogens with zero attached hydrogens (tertiary/aromatic N) is 2. The van der Waals surface area contributed by atoms with Gasteiger partial charge in [-0.3, -0.25) is 13.9 Å². The molecular weight excluding hydrogens is 590 g/mol. The molecule has 0 aromatic heterocycles. The van der Waals surface area contributed by atoms with Gasteiger partial charge in [0.1, 0.15) is 12.6 Å². The van der Waals surface area contributed by atoms with Gasteiger partial charge < -0.3 is 10.2 Å². The zero-order valence-electron chi connectivity index (χ0n) is 23.5. The van der Waals surface area contributed by atoms with Gasteiger partial charge in [-0.25, -0.2) is 8.42 Å². The molecule has 0 fully saturated rings. The van der Waals surface area contributed by atoms with E-state index in [4.69, 9.17) is 0 Å². The van der Waals surface area contributed by atoms with Gasteiger partial charge in [-0.05, 0) is 47.2 Å². The van der Waals surface area contributed by atoms with Crippen LogP contribution in [0.5, 0.6) is 0 Å². The van der Waals surface area contributed by atoms with Crippen molar-refractivity contribution in [3.63, 3.8) is 0 Å². The van der Waals surface area contributed by atoms with Crippen LogP contribution in [-0.4, -0.2) is 50.5 Å². The highest BCUT2D eigenvalue weighted by molar-refractivity contribution is 9.10. The molecule has 1 atom stereocenters. The lowest BCUT2D eigenvalue weighted by Gasteiger charge is -2.34. The first-order valence-electron chi connectivity index (χ1n) is 13.4. The molecule has 1 N–H and O–H groups in total. The third kappa shape index (κ3) is 8.93. The predicted molar refractivity (Wildman–Crippen MR) is 164 cm³/mol. The molecule has 0 aliphatic heterocycles. The van der Waals surface area contributed by atoms with Gasteiger partial charge in [0.25, 0.3) is 0 Å². The van der Waals surface area contributed by atoms with E-state index in [2.05, 4.69) is 21.2 Å². The molecule has 214 valence electrons. The number of hydrogen-bond donors (Lipinski definition) is 1. The van der Waals surface area contributed by atoms with Crippen LogP contribution in [0.15, 0.2) is 83.3 Å². The molecule has 0 aliphatic carbocycles. The van der Waals surface area contributed by atoms with E-state index >= 15 is 0 Å². The molecule has 0 spiro atoms. The number of para-hydroxylation sites is 1. The molecule has 3 aromatic rings. The highest BCUT2D eigenvalue weighted by Crippen LogP contribution is 2.25. The van der Waals surface area contributed by atoms with E-state index < -0.39 is 28.5 Å². The summed E-state index contributed by atoms with van der Waals surface area (Å²) in [7, 11) is -3.81. The van der Waals surface area contributed by atoms with E-state index in [0.717, 1.165) is 31.7 Å². The fourth-order valence-electron chi connectivity index (χ4n) is 4.46. The number of carbonyl (C=O) groups excluding carboxylic acids is 2. The number of nitrogens with one attached hydrogen (secondary N) is 1. The van der Waals surface area contributed by atoms with Crippen LogP contribution in [0.1, 0.15) is 37.5 Å². The molecule has 40 heavy (non-hydrogen) atoms. The Morgan fingerprint density at radius 2 is 1.57 bits per heavy atom. The van der Waals surface area contributed by atoms with E-state index in [1.54, 1.807) is 12.1 Å². The first-order chi connectivity index (χ1) is 19.0. The lowest BCUT2D eigenvalue weighted by atomic mass is 10.0. The van der Waals surface area contributed by atoms with Gasteiger partial charge in [-0.1, -0.05) is 97.4 Å². The van der Waals surface area contributed by atoms with E-state index in [9.17, 15) is 18.0 Å². The normalized spacial score (nSPS) is 12.2. The Hall–Kier alpha value is -3.17. The molecule has 0 saturated heterocycles. The Balaban J connectivity index is 2.07. The summed E-state index contributed by atoms with van der Waals surface area (Å²) in [6.07, 6.45) is 1.99. The molecule has 2 amide bonds. The summed E-state index contributed by atoms with van der Waals surface area (Å²) in [5, 5.41) is 2.99. The zero-order valence-corrected chi connectivity index (χ0v) is 25.9. The van der Waals surface area contributed by atoms with Crippen molar-refractivity contribution in [3.05, 3.63) is 100 Å². The monoisotopic (exact) mass is 627 g/mol. The fourth-order valence-corrected chi connectivity index (χ4v) is 5.78. The fraction of sp³-hybridized carbons (Fsp3) is 0.355. The second-order valence-corrected chi connectivity index (χ2v) is 13.1. The number of hydrogen-bond acceptors (Lipinski definition) is 4. The summed E-state index contributed by atoms with van der Waals surface area (Å²) in [5.41, 5.74) is 3.00. The van der Waals surface area contributed by atoms with Crippen LogP contribution in [-0.2, 0) is 39.0 Å². The summed E-state index contributed by atoms with van der Waals surface area (Å²) >= 11 is 3.49. The number of benzene rings is 3. The van der Waals surface area contributed by atoms with E-state index in [1.165, 1.54) is 4.90 Å². The van der Waals surface area contributed by atoms with Gasteiger partial charge in [-0.2, -0.15) is 0 Å². The number of aryl methyl sites for hydroxylation is 1. The summed E-state index contributed by atoms with van der Waals surface area (Å²) in [6, 6.07) is 23.4. The van der Waals surface area contributed by atoms with Crippen molar-refractivity contribution in [2.24, 2.45) is 5.92 Å². The molecule has 7 nitrogen and oxygen atoms in total. The Morgan fingerprint density at radius 3 is 2.20 bits per heavy atom. The molecule has 3 aromatic carbocycles. The van der Waals surface area contributed by atoms with Gasteiger partial charge in [0.05, 0.1) is 11.9 Å². The van der Waals surface area contributed by atoms with Crippen molar-refractivity contribution in [3.8, 4) is 0 Å². The van der Waals surface area contributed by atoms with Crippen LogP contribution in [0.3, 0.4) is 0 Å². The minimum atomic E-state index is -3.81. The quantitative estimate of drug-likeness (QED) is 0.283. The summed E-state index contributed by atoms with van der Waals surface area (Å²) in [6.45, 7) is 6.13. The second-order valence-electron chi connectivity index (χ2n) is 10.2. The SMILES string of the molecule is CCc1ccccc1N(CC(=O)N(Cc1cccc(Br)c1)[C@H](Cc1ccccc1)C(=O)NCC(C)C)S(C)(=O)=O. The topological polar surface area (TPSA) is 86.8 Å². The van der Waals surface area contributed by atoms with Crippen molar-refractivity contribution >= 4 is 43.5 Å². The van der Waals surface area contributed by atoms with Crippen LogP contribution >= 0.6 is 15.9 Å². The maximum Gasteiger partial charge on any atom is 0.244 e. The summed E-state index contributed by atoms with van der Waals surface area (Å²) in [4.78, 5) is 29.3. The van der Waals surface area contributed by atoms with Crippen molar-refractivity contribution in [2.75, 3.05) is 23.7 Å². The smallest absolute Gasteiger partial charge is 0.244 e. The Labute approximate surface area is 246 Å². The number of carbonyl (C=O) groups is 2. The number of halogens is 1. The highest BCUT2D eigenvalue weighted by Gasteiger charge is 2.33. The summed E-state index contributed by atoms with van der Waals surface area (Å²) < 4.78 is 28.0. The molecule has 0 radical (unpaired) electrons. The average Bonchev–Trinajstić information content (AvgIpc) is 2.92. The second kappa shape index (κ2) is 14.5. The average molecular weight is 629 g/mol. The van der Waals surface area contributed by atoms with Crippen LogP contribution in [0.2, 0.25) is 0 Å². The van der Waals surface area contributed by atoms with E-state index in [0.29, 0.717) is 18.7 Å². The van der Waals surface area contributed by atoms with Gasteiger partial charge in [0, 0.05) is 24.0 Å². The molecule has 0 bridgehead atoms. The minimum absolute atomic E-state index is 0.137. The van der Waals surface area contributed by atoms with Crippen LogP contribution in [0, 0.1) is 5.92 Å². The van der Waals surface area contributed by atoms with Gasteiger partial charge in [-0.15, -0.1) is 0 Å². The van der Waals surface area contributed by atoms with E-state index in [1.807, 2.05) is 87.5 Å². The molecule has 0 aliphatic rings. The van der Waals surface area contributed by atoms with Gasteiger partial charge in [0.15, 0.2) is 0 Å². The van der Waals surface area contributed by atoms with Crippen LogP contribution in [0.4, 0.5) is 5.69 Å². The van der Waals surface area contributed by atoms with Gasteiger partial charge in [0.2, 0.25) is 21.8 Å². The Kier molecular flexibility index (Phi) is 11.3. The zero-order chi connectivity index (χ0) is 29.3. The number of rotatable bonds is 13. The van der Waals surface area contributed by atoms with Crippen molar-refractivity contribution in [2.45, 2.75) is 46.2 Å². The maximum absolute atomic E-state index is 14.2. The molecular formula is C31H38BrN3O4S. The Bertz CT molecular complexity index is 1400. The molecule has 0 unspecified atom stereocenters. The first kappa shape index (κ1) is 31.4. The molecule has 3 rings (SSSR count). The van der Waals surface area contributed by atoms with Crippen LogP contribution < -0.4 is 9.62 Å². The number of amides is 2. The molecule has 9 heteroatoms. The maximum atomic E-state index is 14.2. The Morgan fingerprint density at radius 1 is 0.925 bits per heavy atom. The molecule has 0 heterocycles. The summed E-state index contributed by atoms with van der Waals surface area (Å²) in [5.74, 6) is -0.514. The van der Waals surface area contributed by atoms with Crippen molar-refractivity contribution < 1.29 is 18.0 Å². The largest absolute Gasteiger partial charge is 0.354 e. The highest BCUT2D eigenvalue weighted by atomic mass is 79.9. The number of anilines is 1. The predicted octanol–water partition coefficient (Wildman–Crippen LogP) is 5.19. The lowest BCUT2D eigenvalue weighted by molar-refractivity contribution is -0.140. The van der Waals surface area contributed by atoms with E-state index in [-0.39, 0.29) is 24.8 Å². The third-order valence-corrected chi connectivity index (χ3v) is 8.14. The molecule has 0 saturated carbocycles. The van der Waals surface area contributed by atoms with Crippen molar-refractivity contribution in [1.82, 2.24) is 10.2 Å². The lowest BCUT2D eigenvalue weighted by Crippen LogP contribution is -2.53. The van der Waals surface area contributed by atoms with Gasteiger partial charge >= 0.3 is 0 Å². The number of sulfonamides is 1. The first-order valence-corrected chi connectivity index (χ1v) is 16.0. The van der Waals surface area contributed by atoms with Crippen LogP contribution in [0.25, 0.3) is 0 Å². The standard InChI is InChI=1S/C31H38BrN3O4S/c1-5-26-15-9-10-17-28(26)35(40(4,38)39)22-30(36)34(21-25-14-11-16-27(32)18-25)29(31(37)33-20-23(2)3)19-24-12-7-6-8-13-24/h6-18,23,29H,5,19-22H2,1-4H3,(H,33,37)/t29-/m1/s1.